The van der Waals surface area contributed by atoms with Crippen molar-refractivity contribution < 1.29 is 9.53 Å². The molecule has 1 aromatic carbocycles. The van der Waals surface area contributed by atoms with Crippen molar-refractivity contribution in [3.63, 3.8) is 0 Å². The standard InChI is InChI=1S/C10H9BrN2O2/c1-15-10(14)7-3-2-6(4-12)8(5-13)9(7)11/h2-3H,4,12H2,1H3. The highest BCUT2D eigenvalue weighted by Gasteiger charge is 2.15. The van der Waals surface area contributed by atoms with Crippen LogP contribution in [0.5, 0.6) is 0 Å². The van der Waals surface area contributed by atoms with Crippen LogP contribution in [-0.2, 0) is 11.3 Å². The lowest BCUT2D eigenvalue weighted by atomic mass is 10.0. The summed E-state index contributed by atoms with van der Waals surface area (Å²) >= 11 is 3.20. The summed E-state index contributed by atoms with van der Waals surface area (Å²) in [4.78, 5) is 11.3. The minimum Gasteiger partial charge on any atom is -0.465 e. The fourth-order valence-corrected chi connectivity index (χ4v) is 1.81. The number of nitrogens with zero attached hydrogens (tertiary/aromatic N) is 1. The van der Waals surface area contributed by atoms with Crippen LogP contribution in [0.4, 0.5) is 0 Å². The number of carbonyl (C=O) groups excluding carboxylic acids is 1. The van der Waals surface area contributed by atoms with Crippen molar-refractivity contribution >= 4 is 21.9 Å². The average Bonchev–Trinajstić information content (AvgIpc) is 2.27. The fourth-order valence-electron chi connectivity index (χ4n) is 1.17. The van der Waals surface area contributed by atoms with Gasteiger partial charge in [0.25, 0.3) is 0 Å². The molecule has 0 spiro atoms. The molecule has 2 N–H and O–H groups in total. The number of benzene rings is 1. The van der Waals surface area contributed by atoms with Gasteiger partial charge in [0, 0.05) is 6.54 Å². The quantitative estimate of drug-likeness (QED) is 0.827. The van der Waals surface area contributed by atoms with Crippen LogP contribution >= 0.6 is 15.9 Å². The maximum Gasteiger partial charge on any atom is 0.339 e. The molecule has 0 radical (unpaired) electrons. The molecule has 15 heavy (non-hydrogen) atoms. The van der Waals surface area contributed by atoms with Crippen LogP contribution in [0.1, 0.15) is 21.5 Å². The number of halogens is 1. The van der Waals surface area contributed by atoms with E-state index in [9.17, 15) is 4.79 Å². The zero-order chi connectivity index (χ0) is 11.4. The minimum absolute atomic E-state index is 0.253. The summed E-state index contributed by atoms with van der Waals surface area (Å²) in [5, 5.41) is 8.92. The monoisotopic (exact) mass is 268 g/mol. The smallest absolute Gasteiger partial charge is 0.339 e. The number of nitrogens with two attached hydrogens (primary N) is 1. The zero-order valence-electron chi connectivity index (χ0n) is 8.08. The van der Waals surface area contributed by atoms with Crippen molar-refractivity contribution in [2.24, 2.45) is 5.73 Å². The van der Waals surface area contributed by atoms with Gasteiger partial charge in [0.15, 0.2) is 0 Å². The van der Waals surface area contributed by atoms with Crippen LogP contribution in [0.2, 0.25) is 0 Å². The lowest BCUT2D eigenvalue weighted by Crippen LogP contribution is -2.07. The zero-order valence-corrected chi connectivity index (χ0v) is 9.67. The van der Waals surface area contributed by atoms with Crippen molar-refractivity contribution in [1.29, 1.82) is 5.26 Å². The van der Waals surface area contributed by atoms with Crippen molar-refractivity contribution in [3.8, 4) is 6.07 Å². The molecule has 0 amide bonds. The molecule has 0 aromatic heterocycles. The molecular weight excluding hydrogens is 260 g/mol. The molecule has 1 aromatic rings. The van der Waals surface area contributed by atoms with E-state index in [1.54, 1.807) is 12.1 Å². The number of methoxy groups -OCH3 is 1. The Morgan fingerprint density at radius 2 is 2.33 bits per heavy atom. The Morgan fingerprint density at radius 1 is 1.67 bits per heavy atom. The first-order valence-corrected chi connectivity index (χ1v) is 4.94. The Kier molecular flexibility index (Phi) is 3.83. The van der Waals surface area contributed by atoms with Crippen molar-refractivity contribution in [3.05, 3.63) is 33.3 Å². The summed E-state index contributed by atoms with van der Waals surface area (Å²) in [5.74, 6) is -0.484. The van der Waals surface area contributed by atoms with E-state index < -0.39 is 5.97 Å². The molecule has 0 saturated carbocycles. The van der Waals surface area contributed by atoms with Gasteiger partial charge in [-0.2, -0.15) is 5.26 Å². The Labute approximate surface area is 95.8 Å². The molecule has 78 valence electrons. The first kappa shape index (κ1) is 11.7. The largest absolute Gasteiger partial charge is 0.465 e. The van der Waals surface area contributed by atoms with Gasteiger partial charge in [0.05, 0.1) is 22.7 Å². The van der Waals surface area contributed by atoms with Gasteiger partial charge in [0.1, 0.15) is 6.07 Å². The van der Waals surface area contributed by atoms with E-state index >= 15 is 0 Å². The van der Waals surface area contributed by atoms with E-state index in [1.165, 1.54) is 7.11 Å². The van der Waals surface area contributed by atoms with E-state index in [0.29, 0.717) is 21.2 Å². The topological polar surface area (TPSA) is 76.1 Å². The van der Waals surface area contributed by atoms with Gasteiger partial charge in [-0.15, -0.1) is 0 Å². The van der Waals surface area contributed by atoms with Crippen molar-refractivity contribution in [1.82, 2.24) is 0 Å². The molecular formula is C10H9BrN2O2. The molecule has 4 nitrogen and oxygen atoms in total. The lowest BCUT2D eigenvalue weighted by Gasteiger charge is -2.07. The molecule has 0 saturated heterocycles. The predicted octanol–water partition coefficient (Wildman–Crippen LogP) is 1.57. The van der Waals surface area contributed by atoms with Crippen LogP contribution in [0, 0.1) is 11.3 Å². The molecule has 5 heteroatoms. The summed E-state index contributed by atoms with van der Waals surface area (Å²) in [6, 6.07) is 5.23. The number of carbonyl (C=O) groups is 1. The number of hydrogen-bond acceptors (Lipinski definition) is 4. The Morgan fingerprint density at radius 3 is 2.80 bits per heavy atom. The molecule has 1 rings (SSSR count). The summed E-state index contributed by atoms with van der Waals surface area (Å²) < 4.78 is 5.01. The second-order valence-corrected chi connectivity index (χ2v) is 3.56. The maximum atomic E-state index is 11.3. The number of rotatable bonds is 2. The molecule has 0 unspecified atom stereocenters. The number of ether oxygens (including phenoxy) is 1. The average molecular weight is 269 g/mol. The third kappa shape index (κ3) is 2.17. The van der Waals surface area contributed by atoms with Gasteiger partial charge < -0.3 is 10.5 Å². The minimum atomic E-state index is -0.484. The lowest BCUT2D eigenvalue weighted by molar-refractivity contribution is 0.0599. The van der Waals surface area contributed by atoms with Crippen LogP contribution < -0.4 is 5.73 Å². The van der Waals surface area contributed by atoms with Crippen LogP contribution in [0.25, 0.3) is 0 Å². The number of esters is 1. The highest BCUT2D eigenvalue weighted by Crippen LogP contribution is 2.25. The Bertz CT molecular complexity index is 438. The molecule has 0 aliphatic carbocycles. The second-order valence-electron chi connectivity index (χ2n) is 2.77. The third-order valence-electron chi connectivity index (χ3n) is 1.97. The van der Waals surface area contributed by atoms with Gasteiger partial charge in [-0.1, -0.05) is 6.07 Å². The Hall–Kier alpha value is -1.38. The molecule has 0 aliphatic rings. The molecule has 0 heterocycles. The number of nitriles is 1. The van der Waals surface area contributed by atoms with Crippen LogP contribution in [-0.4, -0.2) is 13.1 Å². The highest BCUT2D eigenvalue weighted by atomic mass is 79.9. The van der Waals surface area contributed by atoms with Gasteiger partial charge in [0.2, 0.25) is 0 Å². The molecule has 0 aliphatic heterocycles. The number of hydrogen-bond donors (Lipinski definition) is 1. The summed E-state index contributed by atoms with van der Waals surface area (Å²) in [6.07, 6.45) is 0. The van der Waals surface area contributed by atoms with Gasteiger partial charge in [-0.3, -0.25) is 0 Å². The van der Waals surface area contributed by atoms with E-state index in [0.717, 1.165) is 0 Å². The fraction of sp³-hybridized carbons (Fsp3) is 0.200. The van der Waals surface area contributed by atoms with Gasteiger partial charge in [-0.25, -0.2) is 4.79 Å². The van der Waals surface area contributed by atoms with E-state index in [2.05, 4.69) is 20.7 Å². The predicted molar refractivity (Wildman–Crippen MR) is 58.1 cm³/mol. The van der Waals surface area contributed by atoms with Gasteiger partial charge in [-0.05, 0) is 27.6 Å². The Balaban J connectivity index is 3.37. The second kappa shape index (κ2) is 4.91. The summed E-state index contributed by atoms with van der Waals surface area (Å²) in [5.41, 5.74) is 6.86. The van der Waals surface area contributed by atoms with Crippen molar-refractivity contribution in [2.75, 3.05) is 7.11 Å². The third-order valence-corrected chi connectivity index (χ3v) is 2.79. The van der Waals surface area contributed by atoms with Crippen LogP contribution in [0.3, 0.4) is 0 Å². The first-order chi connectivity index (χ1) is 7.15. The summed E-state index contributed by atoms with van der Waals surface area (Å²) in [6.45, 7) is 0.253. The SMILES string of the molecule is COC(=O)c1ccc(CN)c(C#N)c1Br. The van der Waals surface area contributed by atoms with Crippen LogP contribution in [0.15, 0.2) is 16.6 Å². The van der Waals surface area contributed by atoms with Crippen molar-refractivity contribution in [2.45, 2.75) is 6.54 Å². The van der Waals surface area contributed by atoms with Gasteiger partial charge >= 0.3 is 5.97 Å². The summed E-state index contributed by atoms with van der Waals surface area (Å²) in [7, 11) is 1.29. The maximum absolute atomic E-state index is 11.3. The van der Waals surface area contributed by atoms with E-state index in [-0.39, 0.29) is 6.54 Å². The normalized spacial score (nSPS) is 9.47. The first-order valence-electron chi connectivity index (χ1n) is 4.15. The molecule has 0 atom stereocenters. The van der Waals surface area contributed by atoms with E-state index in [1.807, 2.05) is 6.07 Å². The highest BCUT2D eigenvalue weighted by molar-refractivity contribution is 9.10. The van der Waals surface area contributed by atoms with E-state index in [4.69, 9.17) is 11.0 Å². The molecule has 0 fully saturated rings. The molecule has 0 bridgehead atoms.